The number of pyridine rings is 1. The SMILES string of the molecule is Cc1cccc(Oc2nccc(CCl)c2F)c1C. The van der Waals surface area contributed by atoms with Gasteiger partial charge in [0.25, 0.3) is 5.88 Å². The van der Waals surface area contributed by atoms with E-state index in [4.69, 9.17) is 16.3 Å². The van der Waals surface area contributed by atoms with Crippen LogP contribution in [-0.2, 0) is 5.88 Å². The number of benzene rings is 1. The van der Waals surface area contributed by atoms with E-state index in [0.717, 1.165) is 11.1 Å². The molecule has 0 amide bonds. The van der Waals surface area contributed by atoms with E-state index in [1.165, 1.54) is 12.3 Å². The van der Waals surface area contributed by atoms with Gasteiger partial charge in [0.05, 0.1) is 5.88 Å². The van der Waals surface area contributed by atoms with Crippen molar-refractivity contribution in [1.82, 2.24) is 4.98 Å². The molecular weight excluding hydrogens is 253 g/mol. The smallest absolute Gasteiger partial charge is 0.256 e. The second-order valence-electron chi connectivity index (χ2n) is 4.02. The first kappa shape index (κ1) is 12.8. The van der Waals surface area contributed by atoms with E-state index >= 15 is 0 Å². The number of aromatic nitrogens is 1. The van der Waals surface area contributed by atoms with Crippen molar-refractivity contribution in [1.29, 1.82) is 0 Å². The standard InChI is InChI=1S/C14H13ClFNO/c1-9-4-3-5-12(10(9)2)18-14-13(16)11(8-15)6-7-17-14/h3-7H,8H2,1-2H3. The number of halogens is 2. The first-order valence-corrected chi connectivity index (χ1v) is 6.10. The minimum Gasteiger partial charge on any atom is -0.436 e. The van der Waals surface area contributed by atoms with Crippen LogP contribution in [-0.4, -0.2) is 4.98 Å². The molecule has 1 aromatic carbocycles. The lowest BCUT2D eigenvalue weighted by molar-refractivity contribution is 0.417. The fourth-order valence-electron chi connectivity index (χ4n) is 1.58. The Labute approximate surface area is 110 Å². The Bertz CT molecular complexity index is 572. The molecule has 0 spiro atoms. The molecule has 4 heteroatoms. The first-order valence-electron chi connectivity index (χ1n) is 5.57. The van der Waals surface area contributed by atoms with Crippen LogP contribution in [0.5, 0.6) is 11.6 Å². The van der Waals surface area contributed by atoms with Crippen molar-refractivity contribution in [2.24, 2.45) is 0 Å². The van der Waals surface area contributed by atoms with E-state index in [0.29, 0.717) is 11.3 Å². The van der Waals surface area contributed by atoms with E-state index < -0.39 is 5.82 Å². The lowest BCUT2D eigenvalue weighted by Crippen LogP contribution is -1.97. The minimum atomic E-state index is -0.506. The van der Waals surface area contributed by atoms with E-state index in [1.807, 2.05) is 26.0 Å². The second kappa shape index (κ2) is 5.36. The molecule has 94 valence electrons. The summed E-state index contributed by atoms with van der Waals surface area (Å²) in [6, 6.07) is 7.16. The normalized spacial score (nSPS) is 10.4. The molecule has 18 heavy (non-hydrogen) atoms. The van der Waals surface area contributed by atoms with Crippen LogP contribution in [0.15, 0.2) is 30.5 Å². The van der Waals surface area contributed by atoms with Gasteiger partial charge in [-0.1, -0.05) is 12.1 Å². The molecule has 1 aromatic heterocycles. The maximum Gasteiger partial charge on any atom is 0.256 e. The van der Waals surface area contributed by atoms with Gasteiger partial charge in [-0.05, 0) is 37.1 Å². The van der Waals surface area contributed by atoms with Gasteiger partial charge in [0, 0.05) is 11.8 Å². The number of alkyl halides is 1. The molecule has 0 atom stereocenters. The predicted octanol–water partition coefficient (Wildman–Crippen LogP) is 4.37. The molecule has 0 aliphatic rings. The Kier molecular flexibility index (Phi) is 3.82. The van der Waals surface area contributed by atoms with Crippen molar-refractivity contribution in [2.75, 3.05) is 0 Å². The summed E-state index contributed by atoms with van der Waals surface area (Å²) in [6.45, 7) is 3.90. The van der Waals surface area contributed by atoms with Crippen LogP contribution in [0.1, 0.15) is 16.7 Å². The van der Waals surface area contributed by atoms with E-state index in [-0.39, 0.29) is 11.8 Å². The highest BCUT2D eigenvalue weighted by Crippen LogP contribution is 2.28. The summed E-state index contributed by atoms with van der Waals surface area (Å²) in [5, 5.41) is 0. The highest BCUT2D eigenvalue weighted by Gasteiger charge is 2.12. The lowest BCUT2D eigenvalue weighted by atomic mass is 10.1. The fourth-order valence-corrected chi connectivity index (χ4v) is 1.78. The number of rotatable bonds is 3. The minimum absolute atomic E-state index is 0.0400. The Balaban J connectivity index is 2.37. The Morgan fingerprint density at radius 3 is 2.78 bits per heavy atom. The van der Waals surface area contributed by atoms with Gasteiger partial charge in [0.2, 0.25) is 0 Å². The van der Waals surface area contributed by atoms with Crippen LogP contribution in [0.25, 0.3) is 0 Å². The molecule has 2 nitrogen and oxygen atoms in total. The van der Waals surface area contributed by atoms with E-state index in [1.54, 1.807) is 6.07 Å². The van der Waals surface area contributed by atoms with Crippen LogP contribution in [0.4, 0.5) is 4.39 Å². The highest BCUT2D eigenvalue weighted by molar-refractivity contribution is 6.17. The molecule has 0 aliphatic heterocycles. The van der Waals surface area contributed by atoms with Crippen LogP contribution >= 0.6 is 11.6 Å². The summed E-state index contributed by atoms with van der Waals surface area (Å²) >= 11 is 5.64. The summed E-state index contributed by atoms with van der Waals surface area (Å²) in [5.74, 6) is 0.153. The molecule has 0 unspecified atom stereocenters. The van der Waals surface area contributed by atoms with E-state index in [2.05, 4.69) is 4.98 Å². The molecule has 2 rings (SSSR count). The summed E-state index contributed by atoms with van der Waals surface area (Å²) < 4.78 is 19.4. The molecule has 0 bridgehead atoms. The molecule has 1 heterocycles. The number of aryl methyl sites for hydroxylation is 1. The molecule has 0 saturated heterocycles. The van der Waals surface area contributed by atoms with Crippen LogP contribution in [0.2, 0.25) is 0 Å². The quantitative estimate of drug-likeness (QED) is 0.769. The summed E-state index contributed by atoms with van der Waals surface area (Å²) in [6.07, 6.45) is 1.49. The fraction of sp³-hybridized carbons (Fsp3) is 0.214. The number of hydrogen-bond donors (Lipinski definition) is 0. The second-order valence-corrected chi connectivity index (χ2v) is 4.29. The molecule has 0 aliphatic carbocycles. The van der Waals surface area contributed by atoms with Gasteiger partial charge in [-0.15, -0.1) is 11.6 Å². The zero-order valence-electron chi connectivity index (χ0n) is 10.2. The zero-order valence-corrected chi connectivity index (χ0v) is 11.0. The van der Waals surface area contributed by atoms with Crippen molar-refractivity contribution in [3.8, 4) is 11.6 Å². The summed E-state index contributed by atoms with van der Waals surface area (Å²) in [5.41, 5.74) is 2.43. The average Bonchev–Trinajstić information content (AvgIpc) is 2.37. The number of hydrogen-bond acceptors (Lipinski definition) is 2. The maximum absolute atomic E-state index is 13.9. The lowest BCUT2D eigenvalue weighted by Gasteiger charge is -2.11. The van der Waals surface area contributed by atoms with Gasteiger partial charge in [-0.25, -0.2) is 9.37 Å². The molecule has 0 saturated carbocycles. The Morgan fingerprint density at radius 1 is 1.28 bits per heavy atom. The third kappa shape index (κ3) is 2.46. The third-order valence-electron chi connectivity index (χ3n) is 2.84. The van der Waals surface area contributed by atoms with Gasteiger partial charge in [0.15, 0.2) is 5.82 Å². The van der Waals surface area contributed by atoms with Crippen LogP contribution < -0.4 is 4.74 Å². The van der Waals surface area contributed by atoms with Crippen molar-refractivity contribution in [2.45, 2.75) is 19.7 Å². The van der Waals surface area contributed by atoms with Crippen LogP contribution in [0.3, 0.4) is 0 Å². The Morgan fingerprint density at radius 2 is 2.06 bits per heavy atom. The molecule has 0 fully saturated rings. The molecular formula is C14H13ClFNO. The van der Waals surface area contributed by atoms with Crippen molar-refractivity contribution < 1.29 is 9.13 Å². The van der Waals surface area contributed by atoms with Gasteiger partial charge in [0.1, 0.15) is 5.75 Å². The van der Waals surface area contributed by atoms with Crippen molar-refractivity contribution in [3.05, 3.63) is 53.0 Å². The van der Waals surface area contributed by atoms with Crippen LogP contribution in [0, 0.1) is 19.7 Å². The zero-order chi connectivity index (χ0) is 13.1. The van der Waals surface area contributed by atoms with Crippen molar-refractivity contribution >= 4 is 11.6 Å². The third-order valence-corrected chi connectivity index (χ3v) is 3.13. The van der Waals surface area contributed by atoms with Gasteiger partial charge < -0.3 is 4.74 Å². The van der Waals surface area contributed by atoms with Crippen molar-refractivity contribution in [3.63, 3.8) is 0 Å². The van der Waals surface area contributed by atoms with Gasteiger partial charge in [-0.3, -0.25) is 0 Å². The van der Waals surface area contributed by atoms with E-state index in [9.17, 15) is 4.39 Å². The Hall–Kier alpha value is -1.61. The van der Waals surface area contributed by atoms with Gasteiger partial charge >= 0.3 is 0 Å². The topological polar surface area (TPSA) is 22.1 Å². The average molecular weight is 266 g/mol. The largest absolute Gasteiger partial charge is 0.436 e. The summed E-state index contributed by atoms with van der Waals surface area (Å²) in [4.78, 5) is 3.90. The predicted molar refractivity (Wildman–Crippen MR) is 69.7 cm³/mol. The monoisotopic (exact) mass is 265 g/mol. The highest BCUT2D eigenvalue weighted by atomic mass is 35.5. The number of nitrogens with zero attached hydrogens (tertiary/aromatic N) is 1. The molecule has 0 N–H and O–H groups in total. The summed E-state index contributed by atoms with van der Waals surface area (Å²) in [7, 11) is 0. The first-order chi connectivity index (χ1) is 8.63. The molecule has 0 radical (unpaired) electrons. The van der Waals surface area contributed by atoms with Gasteiger partial charge in [-0.2, -0.15) is 0 Å². The number of ether oxygens (including phenoxy) is 1. The molecule has 2 aromatic rings. The maximum atomic E-state index is 13.9.